The number of carbonyl (C=O) groups is 2. The van der Waals surface area contributed by atoms with Gasteiger partial charge in [-0.05, 0) is 49.2 Å². The summed E-state index contributed by atoms with van der Waals surface area (Å²) in [4.78, 5) is 23.6. The summed E-state index contributed by atoms with van der Waals surface area (Å²) in [6.45, 7) is 3.69. The van der Waals surface area contributed by atoms with Crippen LogP contribution in [0.3, 0.4) is 0 Å². The number of benzene rings is 2. The van der Waals surface area contributed by atoms with Gasteiger partial charge in [0.2, 0.25) is 0 Å². The van der Waals surface area contributed by atoms with E-state index in [9.17, 15) is 9.59 Å². The van der Waals surface area contributed by atoms with E-state index in [1.54, 1.807) is 12.1 Å². The standard InChI is InChI=1S/C18H20N2O4/c1-11-7-8-13(9-12(11)2)20-16(21)10-24-17-14(18(19)22)5-4-6-15(17)23-3/h4-9H,10H2,1-3H3,(H2,19,22)(H,20,21). The van der Waals surface area contributed by atoms with E-state index in [0.717, 1.165) is 11.1 Å². The van der Waals surface area contributed by atoms with Gasteiger partial charge in [0.05, 0.1) is 12.7 Å². The Bertz CT molecular complexity index is 772. The maximum absolute atomic E-state index is 12.1. The summed E-state index contributed by atoms with van der Waals surface area (Å²) >= 11 is 0. The van der Waals surface area contributed by atoms with Crippen LogP contribution in [0.1, 0.15) is 21.5 Å². The molecule has 24 heavy (non-hydrogen) atoms. The highest BCUT2D eigenvalue weighted by molar-refractivity contribution is 5.97. The fraction of sp³-hybridized carbons (Fsp3) is 0.222. The van der Waals surface area contributed by atoms with E-state index in [2.05, 4.69) is 5.32 Å². The monoisotopic (exact) mass is 328 g/mol. The van der Waals surface area contributed by atoms with Crippen LogP contribution in [0.25, 0.3) is 0 Å². The smallest absolute Gasteiger partial charge is 0.262 e. The predicted molar refractivity (Wildman–Crippen MR) is 91.6 cm³/mol. The average molecular weight is 328 g/mol. The molecule has 6 nitrogen and oxygen atoms in total. The van der Waals surface area contributed by atoms with E-state index in [1.807, 2.05) is 32.0 Å². The molecule has 0 spiro atoms. The van der Waals surface area contributed by atoms with Gasteiger partial charge in [0.15, 0.2) is 18.1 Å². The summed E-state index contributed by atoms with van der Waals surface area (Å²) in [5.74, 6) is -0.508. The molecule has 0 saturated carbocycles. The molecule has 0 heterocycles. The maximum atomic E-state index is 12.1. The van der Waals surface area contributed by atoms with Crippen LogP contribution < -0.4 is 20.5 Å². The normalized spacial score (nSPS) is 10.1. The van der Waals surface area contributed by atoms with Crippen molar-refractivity contribution in [2.45, 2.75) is 13.8 Å². The third-order valence-corrected chi connectivity index (χ3v) is 3.60. The summed E-state index contributed by atoms with van der Waals surface area (Å²) in [7, 11) is 1.45. The third kappa shape index (κ3) is 4.04. The van der Waals surface area contributed by atoms with Crippen molar-refractivity contribution >= 4 is 17.5 Å². The molecule has 2 aromatic rings. The molecule has 0 aromatic heterocycles. The number of carbonyl (C=O) groups excluding carboxylic acids is 2. The molecule has 2 rings (SSSR count). The Morgan fingerprint density at radius 1 is 1.12 bits per heavy atom. The van der Waals surface area contributed by atoms with Gasteiger partial charge in [-0.15, -0.1) is 0 Å². The van der Waals surface area contributed by atoms with Crippen LogP contribution in [-0.4, -0.2) is 25.5 Å². The number of hydrogen-bond donors (Lipinski definition) is 2. The Hall–Kier alpha value is -3.02. The minimum atomic E-state index is -0.654. The second-order valence-corrected chi connectivity index (χ2v) is 5.34. The molecule has 0 saturated heterocycles. The molecule has 0 unspecified atom stereocenters. The SMILES string of the molecule is COc1cccc(C(N)=O)c1OCC(=O)Nc1ccc(C)c(C)c1. The first-order chi connectivity index (χ1) is 11.4. The highest BCUT2D eigenvalue weighted by Gasteiger charge is 2.16. The van der Waals surface area contributed by atoms with Gasteiger partial charge in [0, 0.05) is 5.69 Å². The first-order valence-electron chi connectivity index (χ1n) is 7.39. The fourth-order valence-corrected chi connectivity index (χ4v) is 2.17. The first kappa shape index (κ1) is 17.3. The van der Waals surface area contributed by atoms with Crippen molar-refractivity contribution < 1.29 is 19.1 Å². The lowest BCUT2D eigenvalue weighted by atomic mass is 10.1. The Morgan fingerprint density at radius 2 is 1.88 bits per heavy atom. The van der Waals surface area contributed by atoms with Gasteiger partial charge in [-0.2, -0.15) is 0 Å². The summed E-state index contributed by atoms with van der Waals surface area (Å²) < 4.78 is 10.6. The van der Waals surface area contributed by atoms with Crippen LogP contribution in [0.15, 0.2) is 36.4 Å². The second-order valence-electron chi connectivity index (χ2n) is 5.34. The van der Waals surface area contributed by atoms with Crippen molar-refractivity contribution in [3.8, 4) is 11.5 Å². The van der Waals surface area contributed by atoms with Crippen molar-refractivity contribution in [1.29, 1.82) is 0 Å². The Morgan fingerprint density at radius 3 is 2.50 bits per heavy atom. The summed E-state index contributed by atoms with van der Waals surface area (Å²) in [5, 5.41) is 2.75. The number of aryl methyl sites for hydroxylation is 2. The van der Waals surface area contributed by atoms with Crippen molar-refractivity contribution in [3.63, 3.8) is 0 Å². The van der Waals surface area contributed by atoms with E-state index < -0.39 is 5.91 Å². The molecule has 0 fully saturated rings. The number of primary amides is 1. The number of ether oxygens (including phenoxy) is 2. The number of nitrogens with two attached hydrogens (primary N) is 1. The highest BCUT2D eigenvalue weighted by Crippen LogP contribution is 2.30. The van der Waals surface area contributed by atoms with E-state index in [0.29, 0.717) is 11.4 Å². The van der Waals surface area contributed by atoms with E-state index in [1.165, 1.54) is 13.2 Å². The zero-order chi connectivity index (χ0) is 17.7. The van der Waals surface area contributed by atoms with E-state index in [4.69, 9.17) is 15.2 Å². The number of methoxy groups -OCH3 is 1. The number of amides is 2. The molecular formula is C18H20N2O4. The van der Waals surface area contributed by atoms with Crippen LogP contribution in [0.4, 0.5) is 5.69 Å². The number of hydrogen-bond acceptors (Lipinski definition) is 4. The lowest BCUT2D eigenvalue weighted by Crippen LogP contribution is -2.22. The van der Waals surface area contributed by atoms with Gasteiger partial charge in [-0.25, -0.2) is 0 Å². The van der Waals surface area contributed by atoms with Gasteiger partial charge in [-0.1, -0.05) is 12.1 Å². The van der Waals surface area contributed by atoms with Crippen LogP contribution in [0, 0.1) is 13.8 Å². The molecule has 0 atom stereocenters. The molecule has 2 aromatic carbocycles. The quantitative estimate of drug-likeness (QED) is 0.852. The molecule has 2 amide bonds. The molecule has 126 valence electrons. The zero-order valence-electron chi connectivity index (χ0n) is 13.9. The predicted octanol–water partition coefficient (Wildman–Crippen LogP) is 2.43. The maximum Gasteiger partial charge on any atom is 0.262 e. The summed E-state index contributed by atoms with van der Waals surface area (Å²) in [5.41, 5.74) is 8.39. The summed E-state index contributed by atoms with van der Waals surface area (Å²) in [6, 6.07) is 10.4. The molecular weight excluding hydrogens is 308 g/mol. The number of nitrogens with one attached hydrogen (secondary N) is 1. The third-order valence-electron chi connectivity index (χ3n) is 3.60. The molecule has 0 aliphatic heterocycles. The zero-order valence-corrected chi connectivity index (χ0v) is 13.9. The van der Waals surface area contributed by atoms with Crippen LogP contribution in [0.2, 0.25) is 0 Å². The van der Waals surface area contributed by atoms with Crippen LogP contribution in [-0.2, 0) is 4.79 Å². The fourth-order valence-electron chi connectivity index (χ4n) is 2.17. The highest BCUT2D eigenvalue weighted by atomic mass is 16.5. The largest absolute Gasteiger partial charge is 0.493 e. The Kier molecular flexibility index (Phi) is 5.42. The van der Waals surface area contributed by atoms with E-state index >= 15 is 0 Å². The molecule has 0 aliphatic carbocycles. The number of anilines is 1. The van der Waals surface area contributed by atoms with E-state index in [-0.39, 0.29) is 23.8 Å². The minimum Gasteiger partial charge on any atom is -0.493 e. The van der Waals surface area contributed by atoms with Crippen molar-refractivity contribution in [2.24, 2.45) is 5.73 Å². The van der Waals surface area contributed by atoms with Gasteiger partial charge in [-0.3, -0.25) is 9.59 Å². The Balaban J connectivity index is 2.09. The average Bonchev–Trinajstić information content (AvgIpc) is 2.55. The van der Waals surface area contributed by atoms with Gasteiger partial charge in [0.25, 0.3) is 11.8 Å². The molecule has 0 bridgehead atoms. The number of rotatable bonds is 6. The minimum absolute atomic E-state index is 0.155. The molecule has 3 N–H and O–H groups in total. The molecule has 0 radical (unpaired) electrons. The summed E-state index contributed by atoms with van der Waals surface area (Å²) in [6.07, 6.45) is 0. The molecule has 6 heteroatoms. The van der Waals surface area contributed by atoms with Gasteiger partial charge in [0.1, 0.15) is 0 Å². The van der Waals surface area contributed by atoms with Gasteiger partial charge < -0.3 is 20.5 Å². The van der Waals surface area contributed by atoms with Crippen molar-refractivity contribution in [1.82, 2.24) is 0 Å². The van der Waals surface area contributed by atoms with Crippen LogP contribution >= 0.6 is 0 Å². The van der Waals surface area contributed by atoms with Crippen molar-refractivity contribution in [2.75, 3.05) is 19.0 Å². The molecule has 0 aliphatic rings. The number of para-hydroxylation sites is 1. The Labute approximate surface area is 140 Å². The van der Waals surface area contributed by atoms with Gasteiger partial charge >= 0.3 is 0 Å². The van der Waals surface area contributed by atoms with Crippen molar-refractivity contribution in [3.05, 3.63) is 53.1 Å². The first-order valence-corrected chi connectivity index (χ1v) is 7.39. The lowest BCUT2D eigenvalue weighted by Gasteiger charge is -2.13. The topological polar surface area (TPSA) is 90.7 Å². The van der Waals surface area contributed by atoms with Crippen LogP contribution in [0.5, 0.6) is 11.5 Å². The lowest BCUT2D eigenvalue weighted by molar-refractivity contribution is -0.118. The second kappa shape index (κ2) is 7.50.